The van der Waals surface area contributed by atoms with Crippen molar-refractivity contribution in [2.45, 2.75) is 43.5 Å². The first-order valence-corrected chi connectivity index (χ1v) is 10.9. The summed E-state index contributed by atoms with van der Waals surface area (Å²) in [6, 6.07) is 13.7. The third kappa shape index (κ3) is 3.72. The Kier molecular flexibility index (Phi) is 4.68. The Labute approximate surface area is 160 Å². The van der Waals surface area contributed by atoms with E-state index in [0.717, 1.165) is 17.9 Å². The minimum atomic E-state index is -3.76. The smallest absolute Gasteiger partial charge is 0.261 e. The van der Waals surface area contributed by atoms with E-state index >= 15 is 0 Å². The molecule has 2 aromatic carbocycles. The van der Waals surface area contributed by atoms with Crippen LogP contribution in [0.1, 0.15) is 41.6 Å². The summed E-state index contributed by atoms with van der Waals surface area (Å²) in [5, 5.41) is 3.11. The molecule has 0 heterocycles. The standard InChI is InChI=1S/C21H24N2O3S/c1-14-5-2-3-8-19(14)23-27(25,26)18-7-4-6-17(13-18)21(24)22-20-12-15-9-10-16(20)11-15/h2-8,13,15-16,20,23H,9-12H2,1H3,(H,22,24)/t15-,16-,20-/m0/s1. The van der Waals surface area contributed by atoms with Crippen LogP contribution in [0.2, 0.25) is 0 Å². The molecule has 27 heavy (non-hydrogen) atoms. The van der Waals surface area contributed by atoms with Crippen LogP contribution in [0.3, 0.4) is 0 Å². The van der Waals surface area contributed by atoms with Crippen LogP contribution in [0.25, 0.3) is 0 Å². The molecule has 0 spiro atoms. The number of para-hydroxylation sites is 1. The number of aryl methyl sites for hydroxylation is 1. The first kappa shape index (κ1) is 18.0. The lowest BCUT2D eigenvalue weighted by Crippen LogP contribution is -2.38. The fourth-order valence-corrected chi connectivity index (χ4v) is 5.55. The van der Waals surface area contributed by atoms with Crippen LogP contribution in [-0.2, 0) is 10.0 Å². The highest BCUT2D eigenvalue weighted by Crippen LogP contribution is 2.44. The van der Waals surface area contributed by atoms with E-state index in [1.807, 2.05) is 19.1 Å². The van der Waals surface area contributed by atoms with Gasteiger partial charge in [-0.2, -0.15) is 0 Å². The molecule has 4 rings (SSSR count). The van der Waals surface area contributed by atoms with Gasteiger partial charge >= 0.3 is 0 Å². The zero-order chi connectivity index (χ0) is 19.0. The van der Waals surface area contributed by atoms with Gasteiger partial charge in [0.05, 0.1) is 10.6 Å². The van der Waals surface area contributed by atoms with Gasteiger partial charge in [0.2, 0.25) is 0 Å². The van der Waals surface area contributed by atoms with Gasteiger partial charge in [0.25, 0.3) is 15.9 Å². The monoisotopic (exact) mass is 384 g/mol. The Morgan fingerprint density at radius 1 is 1.04 bits per heavy atom. The van der Waals surface area contributed by atoms with E-state index in [-0.39, 0.29) is 16.8 Å². The maximum absolute atomic E-state index is 12.7. The third-order valence-corrected chi connectivity index (χ3v) is 7.21. The van der Waals surface area contributed by atoms with Crippen LogP contribution in [0.15, 0.2) is 53.4 Å². The molecule has 5 nitrogen and oxygen atoms in total. The fraction of sp³-hybridized carbons (Fsp3) is 0.381. The van der Waals surface area contributed by atoms with Gasteiger partial charge in [0.1, 0.15) is 0 Å². The van der Waals surface area contributed by atoms with Crippen molar-refractivity contribution < 1.29 is 13.2 Å². The molecule has 0 radical (unpaired) electrons. The summed E-state index contributed by atoms with van der Waals surface area (Å²) in [4.78, 5) is 12.7. The zero-order valence-corrected chi connectivity index (χ0v) is 16.1. The summed E-state index contributed by atoms with van der Waals surface area (Å²) in [5.74, 6) is 1.12. The van der Waals surface area contributed by atoms with E-state index in [2.05, 4.69) is 10.0 Å². The second-order valence-electron chi connectivity index (χ2n) is 7.70. The number of nitrogens with one attached hydrogen (secondary N) is 2. The lowest BCUT2D eigenvalue weighted by molar-refractivity contribution is 0.0922. The lowest BCUT2D eigenvalue weighted by atomic mass is 9.95. The number of fused-ring (bicyclic) bond motifs is 2. The quantitative estimate of drug-likeness (QED) is 0.825. The number of sulfonamides is 1. The number of hydrogen-bond donors (Lipinski definition) is 2. The van der Waals surface area contributed by atoms with E-state index in [1.54, 1.807) is 24.3 Å². The van der Waals surface area contributed by atoms with Gasteiger partial charge in [-0.15, -0.1) is 0 Å². The minimum Gasteiger partial charge on any atom is -0.349 e. The van der Waals surface area contributed by atoms with Gasteiger partial charge in [-0.25, -0.2) is 8.42 Å². The Hall–Kier alpha value is -2.34. The van der Waals surface area contributed by atoms with Crippen molar-refractivity contribution in [2.75, 3.05) is 4.72 Å². The number of benzene rings is 2. The first-order chi connectivity index (χ1) is 12.9. The number of hydrogen-bond acceptors (Lipinski definition) is 3. The van der Waals surface area contributed by atoms with Gasteiger partial charge < -0.3 is 5.32 Å². The SMILES string of the molecule is Cc1ccccc1NS(=O)(=O)c1cccc(C(=O)N[C@H]2C[C@H]3CC[C@H]2C3)c1. The van der Waals surface area contributed by atoms with Crippen molar-refractivity contribution in [3.63, 3.8) is 0 Å². The molecule has 1 amide bonds. The number of carbonyl (C=O) groups excluding carboxylic acids is 1. The molecule has 142 valence electrons. The summed E-state index contributed by atoms with van der Waals surface area (Å²) >= 11 is 0. The van der Waals surface area contributed by atoms with E-state index < -0.39 is 10.0 Å². The van der Waals surface area contributed by atoms with Crippen LogP contribution in [-0.4, -0.2) is 20.4 Å². The highest BCUT2D eigenvalue weighted by atomic mass is 32.2. The van der Waals surface area contributed by atoms with Crippen molar-refractivity contribution in [1.29, 1.82) is 0 Å². The summed E-state index contributed by atoms with van der Waals surface area (Å²) in [6.45, 7) is 1.84. The van der Waals surface area contributed by atoms with Crippen molar-refractivity contribution in [3.8, 4) is 0 Å². The molecule has 2 N–H and O–H groups in total. The average Bonchev–Trinajstić information content (AvgIpc) is 3.27. The van der Waals surface area contributed by atoms with E-state index in [9.17, 15) is 13.2 Å². The molecule has 6 heteroatoms. The van der Waals surface area contributed by atoms with Crippen molar-refractivity contribution >= 4 is 21.6 Å². The number of carbonyl (C=O) groups is 1. The molecule has 2 fully saturated rings. The highest BCUT2D eigenvalue weighted by molar-refractivity contribution is 7.92. The average molecular weight is 385 g/mol. The van der Waals surface area contributed by atoms with Gasteiger partial charge in [-0.3, -0.25) is 9.52 Å². The molecule has 2 saturated carbocycles. The maximum atomic E-state index is 12.7. The molecule has 3 atom stereocenters. The second-order valence-corrected chi connectivity index (χ2v) is 9.39. The number of amides is 1. The minimum absolute atomic E-state index is 0.0892. The predicted octanol–water partition coefficient (Wildman–Crippen LogP) is 3.71. The van der Waals surface area contributed by atoms with Crippen molar-refractivity contribution in [2.24, 2.45) is 11.8 Å². The largest absolute Gasteiger partial charge is 0.349 e. The fourth-order valence-electron chi connectivity index (χ4n) is 4.37. The molecular weight excluding hydrogens is 360 g/mol. The Bertz CT molecular complexity index is 971. The highest BCUT2D eigenvalue weighted by Gasteiger charge is 2.40. The third-order valence-electron chi connectivity index (χ3n) is 5.85. The zero-order valence-electron chi connectivity index (χ0n) is 15.3. The Morgan fingerprint density at radius 3 is 2.56 bits per heavy atom. The normalized spacial score (nSPS) is 24.0. The summed E-state index contributed by atoms with van der Waals surface area (Å²) in [6.07, 6.45) is 4.71. The van der Waals surface area contributed by atoms with Gasteiger partial charge in [0, 0.05) is 11.6 Å². The van der Waals surface area contributed by atoms with Crippen LogP contribution >= 0.6 is 0 Å². The van der Waals surface area contributed by atoms with Crippen molar-refractivity contribution in [3.05, 3.63) is 59.7 Å². The van der Waals surface area contributed by atoms with Crippen LogP contribution in [0.4, 0.5) is 5.69 Å². The van der Waals surface area contributed by atoms with Gasteiger partial charge in [-0.1, -0.05) is 30.7 Å². The number of rotatable bonds is 5. The lowest BCUT2D eigenvalue weighted by Gasteiger charge is -2.23. The first-order valence-electron chi connectivity index (χ1n) is 9.42. The Morgan fingerprint density at radius 2 is 1.85 bits per heavy atom. The summed E-state index contributed by atoms with van der Waals surface area (Å²) in [5.41, 5.74) is 1.76. The van der Waals surface area contributed by atoms with Crippen molar-refractivity contribution in [1.82, 2.24) is 5.32 Å². The molecule has 0 aliphatic heterocycles. The number of anilines is 1. The molecule has 2 aliphatic rings. The van der Waals surface area contributed by atoms with Gasteiger partial charge in [-0.05, 0) is 67.9 Å². The topological polar surface area (TPSA) is 75.3 Å². The predicted molar refractivity (Wildman–Crippen MR) is 105 cm³/mol. The Balaban J connectivity index is 1.51. The molecule has 0 saturated heterocycles. The summed E-state index contributed by atoms with van der Waals surface area (Å²) < 4.78 is 28.1. The second kappa shape index (κ2) is 7.00. The molecular formula is C21H24N2O3S. The maximum Gasteiger partial charge on any atom is 0.261 e. The summed E-state index contributed by atoms with van der Waals surface area (Å²) in [7, 11) is -3.76. The van der Waals surface area contributed by atoms with E-state index in [0.29, 0.717) is 17.2 Å². The molecule has 0 unspecified atom stereocenters. The van der Waals surface area contributed by atoms with Crippen LogP contribution in [0.5, 0.6) is 0 Å². The van der Waals surface area contributed by atoms with Crippen LogP contribution in [0, 0.1) is 18.8 Å². The van der Waals surface area contributed by atoms with E-state index in [1.165, 1.54) is 31.4 Å². The van der Waals surface area contributed by atoms with Gasteiger partial charge in [0.15, 0.2) is 0 Å². The molecule has 2 bridgehead atoms. The molecule has 0 aromatic heterocycles. The van der Waals surface area contributed by atoms with Crippen LogP contribution < -0.4 is 10.0 Å². The molecule has 2 aliphatic carbocycles. The molecule has 2 aromatic rings. The van der Waals surface area contributed by atoms with E-state index in [4.69, 9.17) is 0 Å².